The summed E-state index contributed by atoms with van der Waals surface area (Å²) in [4.78, 5) is 9.66. The molecule has 4 nitrogen and oxygen atoms in total. The van der Waals surface area contributed by atoms with Gasteiger partial charge in [0, 0.05) is 35.6 Å². The number of pyridine rings is 2. The smallest absolute Gasteiger partial charge is 0.126 e. The molecule has 0 saturated heterocycles. The number of nitrogens with one attached hydrogen (secondary N) is 2. The first-order valence-electron chi connectivity index (χ1n) is 12.0. The Morgan fingerprint density at radius 2 is 1.03 bits per heavy atom. The standard InChI is InChI=1S/C28H34N4/c1-17-13-26(24-10-12-28(32-20(24)4)30-16-22-7-8-22)18(2)14-25(17)23-9-11-27(31-19(23)3)29-15-21-5-6-21/h9-14,21-22H,5-8,15-16H2,1-4H3,(H,29,31)(H,30,32). The van der Waals surface area contributed by atoms with Crippen molar-refractivity contribution in [2.45, 2.75) is 53.4 Å². The van der Waals surface area contributed by atoms with Crippen LogP contribution in [0.3, 0.4) is 0 Å². The molecule has 2 heterocycles. The number of rotatable bonds is 8. The Morgan fingerprint density at radius 1 is 0.625 bits per heavy atom. The van der Waals surface area contributed by atoms with Crippen molar-refractivity contribution in [3.8, 4) is 22.3 Å². The molecule has 2 N–H and O–H groups in total. The number of hydrogen-bond donors (Lipinski definition) is 2. The molecular weight excluding hydrogens is 392 g/mol. The highest BCUT2D eigenvalue weighted by Crippen LogP contribution is 2.35. The van der Waals surface area contributed by atoms with Crippen LogP contribution in [0.4, 0.5) is 11.6 Å². The third kappa shape index (κ3) is 4.64. The van der Waals surface area contributed by atoms with Crippen LogP contribution in [-0.4, -0.2) is 23.1 Å². The highest BCUT2D eigenvalue weighted by atomic mass is 15.0. The van der Waals surface area contributed by atoms with E-state index < -0.39 is 0 Å². The molecule has 0 radical (unpaired) electrons. The van der Waals surface area contributed by atoms with Gasteiger partial charge in [-0.3, -0.25) is 0 Å². The second-order valence-corrected chi connectivity index (χ2v) is 9.79. The molecule has 0 bridgehead atoms. The van der Waals surface area contributed by atoms with Gasteiger partial charge in [0.1, 0.15) is 11.6 Å². The van der Waals surface area contributed by atoms with E-state index in [0.29, 0.717) is 0 Å². The van der Waals surface area contributed by atoms with E-state index in [4.69, 9.17) is 9.97 Å². The van der Waals surface area contributed by atoms with Gasteiger partial charge in [-0.2, -0.15) is 0 Å². The van der Waals surface area contributed by atoms with Crippen molar-refractivity contribution in [1.82, 2.24) is 9.97 Å². The van der Waals surface area contributed by atoms with Crippen molar-refractivity contribution in [2.75, 3.05) is 23.7 Å². The van der Waals surface area contributed by atoms with Crippen LogP contribution in [0, 0.1) is 39.5 Å². The van der Waals surface area contributed by atoms with Crippen LogP contribution in [0.15, 0.2) is 36.4 Å². The number of hydrogen-bond acceptors (Lipinski definition) is 4. The number of aromatic nitrogens is 2. The zero-order valence-electron chi connectivity index (χ0n) is 19.8. The van der Waals surface area contributed by atoms with Gasteiger partial charge in [-0.25, -0.2) is 9.97 Å². The number of aryl methyl sites for hydroxylation is 4. The van der Waals surface area contributed by atoms with Gasteiger partial charge in [-0.05, 0) is 112 Å². The fraction of sp³-hybridized carbons (Fsp3) is 0.429. The minimum Gasteiger partial charge on any atom is -0.370 e. The maximum atomic E-state index is 4.83. The van der Waals surface area contributed by atoms with Crippen LogP contribution in [0.1, 0.15) is 48.2 Å². The summed E-state index contributed by atoms with van der Waals surface area (Å²) in [6, 6.07) is 13.3. The average molecular weight is 427 g/mol. The van der Waals surface area contributed by atoms with Crippen LogP contribution < -0.4 is 10.6 Å². The minimum atomic E-state index is 0.843. The van der Waals surface area contributed by atoms with Crippen molar-refractivity contribution in [3.63, 3.8) is 0 Å². The fourth-order valence-electron chi connectivity index (χ4n) is 4.43. The van der Waals surface area contributed by atoms with Gasteiger partial charge in [-0.15, -0.1) is 0 Å². The zero-order valence-corrected chi connectivity index (χ0v) is 19.8. The molecule has 0 atom stereocenters. The van der Waals surface area contributed by atoms with Gasteiger partial charge in [-0.1, -0.05) is 12.1 Å². The predicted molar refractivity (Wildman–Crippen MR) is 134 cm³/mol. The molecular formula is C28H34N4. The maximum Gasteiger partial charge on any atom is 0.126 e. The summed E-state index contributed by atoms with van der Waals surface area (Å²) >= 11 is 0. The molecule has 0 aliphatic heterocycles. The zero-order chi connectivity index (χ0) is 22.2. The third-order valence-corrected chi connectivity index (χ3v) is 6.86. The van der Waals surface area contributed by atoms with Crippen LogP contribution >= 0.6 is 0 Å². The molecule has 0 amide bonds. The van der Waals surface area contributed by atoms with E-state index in [1.807, 2.05) is 0 Å². The Bertz CT molecular complexity index is 1050. The lowest BCUT2D eigenvalue weighted by Gasteiger charge is -2.16. The quantitative estimate of drug-likeness (QED) is 0.421. The molecule has 2 saturated carbocycles. The van der Waals surface area contributed by atoms with Gasteiger partial charge in [0.2, 0.25) is 0 Å². The number of benzene rings is 1. The van der Waals surface area contributed by atoms with Gasteiger partial charge >= 0.3 is 0 Å². The summed E-state index contributed by atoms with van der Waals surface area (Å²) in [7, 11) is 0. The average Bonchev–Trinajstić information content (AvgIpc) is 3.68. The van der Waals surface area contributed by atoms with Crippen LogP contribution in [0.25, 0.3) is 22.3 Å². The molecule has 3 aromatic rings. The topological polar surface area (TPSA) is 49.8 Å². The van der Waals surface area contributed by atoms with Gasteiger partial charge < -0.3 is 10.6 Å². The highest BCUT2D eigenvalue weighted by Gasteiger charge is 2.22. The van der Waals surface area contributed by atoms with Crippen molar-refractivity contribution in [1.29, 1.82) is 0 Å². The molecule has 0 unspecified atom stereocenters. The maximum absolute atomic E-state index is 4.83. The lowest BCUT2D eigenvalue weighted by Crippen LogP contribution is -2.06. The van der Waals surface area contributed by atoms with Crippen LogP contribution in [0.2, 0.25) is 0 Å². The molecule has 2 aromatic heterocycles. The monoisotopic (exact) mass is 426 g/mol. The Kier molecular flexibility index (Phi) is 5.62. The summed E-state index contributed by atoms with van der Waals surface area (Å²) in [5.74, 6) is 3.66. The van der Waals surface area contributed by atoms with Crippen molar-refractivity contribution in [3.05, 3.63) is 58.9 Å². The third-order valence-electron chi connectivity index (χ3n) is 6.86. The molecule has 166 valence electrons. The lowest BCUT2D eigenvalue weighted by atomic mass is 9.91. The Labute approximate surface area is 191 Å². The normalized spacial score (nSPS) is 15.6. The Morgan fingerprint density at radius 3 is 1.38 bits per heavy atom. The summed E-state index contributed by atoms with van der Waals surface area (Å²) in [5, 5.41) is 6.98. The molecule has 1 aromatic carbocycles. The van der Waals surface area contributed by atoms with E-state index in [1.165, 1.54) is 59.1 Å². The molecule has 5 rings (SSSR count). The Balaban J connectivity index is 1.39. The minimum absolute atomic E-state index is 0.843. The van der Waals surface area contributed by atoms with Crippen molar-refractivity contribution >= 4 is 11.6 Å². The number of anilines is 2. The summed E-state index contributed by atoms with van der Waals surface area (Å²) < 4.78 is 0. The molecule has 2 aliphatic rings. The summed E-state index contributed by atoms with van der Waals surface area (Å²) in [6.45, 7) is 10.7. The van der Waals surface area contributed by atoms with Crippen molar-refractivity contribution < 1.29 is 0 Å². The largest absolute Gasteiger partial charge is 0.370 e. The lowest BCUT2D eigenvalue weighted by molar-refractivity contribution is 0.881. The molecule has 4 heteroatoms. The van der Waals surface area contributed by atoms with E-state index in [2.05, 4.69) is 74.7 Å². The van der Waals surface area contributed by atoms with E-state index >= 15 is 0 Å². The first kappa shape index (κ1) is 21.0. The first-order valence-corrected chi connectivity index (χ1v) is 12.0. The second kappa shape index (κ2) is 8.57. The van der Waals surface area contributed by atoms with Gasteiger partial charge in [0.15, 0.2) is 0 Å². The van der Waals surface area contributed by atoms with E-state index in [1.54, 1.807) is 0 Å². The molecule has 0 spiro atoms. The van der Waals surface area contributed by atoms with E-state index in [-0.39, 0.29) is 0 Å². The highest BCUT2D eigenvalue weighted by molar-refractivity contribution is 5.78. The molecule has 2 fully saturated rings. The van der Waals surface area contributed by atoms with Gasteiger partial charge in [0.25, 0.3) is 0 Å². The molecule has 2 aliphatic carbocycles. The van der Waals surface area contributed by atoms with Gasteiger partial charge in [0.05, 0.1) is 0 Å². The second-order valence-electron chi connectivity index (χ2n) is 9.79. The summed E-state index contributed by atoms with van der Waals surface area (Å²) in [6.07, 6.45) is 5.40. The summed E-state index contributed by atoms with van der Waals surface area (Å²) in [5.41, 5.74) is 9.63. The molecule has 32 heavy (non-hydrogen) atoms. The van der Waals surface area contributed by atoms with E-state index in [0.717, 1.165) is 47.9 Å². The Hall–Kier alpha value is -2.88. The predicted octanol–water partition coefficient (Wildman–Crippen LogP) is 6.69. The van der Waals surface area contributed by atoms with Crippen molar-refractivity contribution in [2.24, 2.45) is 11.8 Å². The van der Waals surface area contributed by atoms with E-state index in [9.17, 15) is 0 Å². The van der Waals surface area contributed by atoms with Crippen LogP contribution in [-0.2, 0) is 0 Å². The number of nitrogens with zero attached hydrogens (tertiary/aromatic N) is 2. The van der Waals surface area contributed by atoms with Crippen LogP contribution in [0.5, 0.6) is 0 Å². The fourth-order valence-corrected chi connectivity index (χ4v) is 4.43. The SMILES string of the molecule is Cc1cc(-c2ccc(NCC3CC3)nc2C)c(C)cc1-c1ccc(NCC2CC2)nc1C. The first-order chi connectivity index (χ1) is 15.5.